The number of benzene rings is 2. The van der Waals surface area contributed by atoms with Crippen molar-refractivity contribution in [2.45, 2.75) is 46.8 Å². The van der Waals surface area contributed by atoms with Crippen molar-refractivity contribution in [1.82, 2.24) is 14.5 Å². The molecule has 0 fully saturated rings. The van der Waals surface area contributed by atoms with Gasteiger partial charge in [0.2, 0.25) is 0 Å². The molecule has 166 valence electrons. The fraction of sp³-hybridized carbons (Fsp3) is 0.320. The Balaban J connectivity index is 1.62. The van der Waals surface area contributed by atoms with Gasteiger partial charge in [0.05, 0.1) is 22.6 Å². The third-order valence-corrected chi connectivity index (χ3v) is 6.34. The summed E-state index contributed by atoms with van der Waals surface area (Å²) in [5, 5.41) is 0.729. The van der Waals surface area contributed by atoms with E-state index in [0.717, 1.165) is 34.1 Å². The van der Waals surface area contributed by atoms with Gasteiger partial charge in [0.25, 0.3) is 5.91 Å². The zero-order valence-electron chi connectivity index (χ0n) is 18.9. The van der Waals surface area contributed by atoms with Gasteiger partial charge in [-0.3, -0.25) is 9.69 Å². The lowest BCUT2D eigenvalue weighted by molar-refractivity contribution is 0.0986. The Morgan fingerprint density at radius 2 is 1.97 bits per heavy atom. The highest BCUT2D eigenvalue weighted by Crippen LogP contribution is 2.33. The van der Waals surface area contributed by atoms with Gasteiger partial charge < -0.3 is 9.30 Å². The average molecular weight is 449 g/mol. The second kappa shape index (κ2) is 9.53. The molecule has 0 N–H and O–H groups in total. The highest BCUT2D eigenvalue weighted by Gasteiger charge is 2.22. The van der Waals surface area contributed by atoms with Gasteiger partial charge >= 0.3 is 0 Å². The Morgan fingerprint density at radius 3 is 2.66 bits per heavy atom. The van der Waals surface area contributed by atoms with Crippen molar-refractivity contribution >= 4 is 32.6 Å². The Kier molecular flexibility index (Phi) is 6.55. The largest absolute Gasteiger partial charge is 0.491 e. The maximum absolute atomic E-state index is 13.5. The molecule has 4 rings (SSSR count). The van der Waals surface area contributed by atoms with Crippen LogP contribution in [0.25, 0.3) is 10.2 Å². The number of fused-ring (bicyclic) bond motifs is 1. The van der Waals surface area contributed by atoms with Crippen molar-refractivity contribution in [3.63, 3.8) is 0 Å². The molecule has 0 saturated carbocycles. The predicted molar refractivity (Wildman–Crippen MR) is 130 cm³/mol. The summed E-state index contributed by atoms with van der Waals surface area (Å²) in [4.78, 5) is 24.3. The van der Waals surface area contributed by atoms with Crippen LogP contribution in [0.4, 0.5) is 5.13 Å². The molecule has 0 atom stereocenters. The SMILES string of the molecule is Cc1cc(C)c2sc(N(CCCn3ccnc3)C(=O)c3ccc(OC(C)C)cc3)nc2c1. The van der Waals surface area contributed by atoms with Crippen molar-refractivity contribution in [3.8, 4) is 5.75 Å². The molecule has 7 heteroatoms. The Bertz CT molecular complexity index is 1200. The first kappa shape index (κ1) is 22.0. The molecule has 0 aliphatic heterocycles. The molecule has 1 amide bonds. The zero-order valence-corrected chi connectivity index (χ0v) is 19.7. The first-order valence-electron chi connectivity index (χ1n) is 10.8. The lowest BCUT2D eigenvalue weighted by Crippen LogP contribution is -2.32. The standard InChI is InChI=1S/C25H28N4O2S/c1-17(2)31-21-8-6-20(7-9-21)24(30)29(12-5-11-28-13-10-26-16-28)25-27-22-15-18(3)14-19(4)23(22)32-25/h6-10,13-17H,5,11-12H2,1-4H3. The molecule has 0 aliphatic carbocycles. The van der Waals surface area contributed by atoms with Crippen molar-refractivity contribution in [2.24, 2.45) is 0 Å². The maximum Gasteiger partial charge on any atom is 0.260 e. The quantitative estimate of drug-likeness (QED) is 0.350. The number of ether oxygens (including phenoxy) is 1. The number of aromatic nitrogens is 3. The molecular weight excluding hydrogens is 420 g/mol. The summed E-state index contributed by atoms with van der Waals surface area (Å²) < 4.78 is 8.86. The smallest absolute Gasteiger partial charge is 0.260 e. The average Bonchev–Trinajstić information content (AvgIpc) is 3.41. The molecule has 0 radical (unpaired) electrons. The van der Waals surface area contributed by atoms with E-state index < -0.39 is 0 Å². The molecule has 0 saturated heterocycles. The van der Waals surface area contributed by atoms with Crippen LogP contribution >= 0.6 is 11.3 Å². The number of hydrogen-bond acceptors (Lipinski definition) is 5. The van der Waals surface area contributed by atoms with Crippen LogP contribution in [0.5, 0.6) is 5.75 Å². The van der Waals surface area contributed by atoms with Gasteiger partial charge in [0.15, 0.2) is 5.13 Å². The summed E-state index contributed by atoms with van der Waals surface area (Å²) in [6, 6.07) is 11.6. The van der Waals surface area contributed by atoms with Gasteiger partial charge in [0, 0.05) is 31.0 Å². The van der Waals surface area contributed by atoms with E-state index in [4.69, 9.17) is 9.72 Å². The molecule has 0 spiro atoms. The number of nitrogens with zero attached hydrogens (tertiary/aromatic N) is 4. The third kappa shape index (κ3) is 4.99. The second-order valence-corrected chi connectivity index (χ2v) is 9.21. The molecule has 0 unspecified atom stereocenters. The first-order valence-corrected chi connectivity index (χ1v) is 11.6. The van der Waals surface area contributed by atoms with E-state index in [9.17, 15) is 4.79 Å². The number of anilines is 1. The van der Waals surface area contributed by atoms with Gasteiger partial charge in [0.1, 0.15) is 5.75 Å². The van der Waals surface area contributed by atoms with Crippen LogP contribution in [-0.4, -0.2) is 33.1 Å². The van der Waals surface area contributed by atoms with Gasteiger partial charge in [-0.25, -0.2) is 9.97 Å². The van der Waals surface area contributed by atoms with Crippen LogP contribution in [0, 0.1) is 13.8 Å². The van der Waals surface area contributed by atoms with Crippen LogP contribution in [0.3, 0.4) is 0 Å². The van der Waals surface area contributed by atoms with Crippen LogP contribution in [0.15, 0.2) is 55.1 Å². The minimum absolute atomic E-state index is 0.0554. The number of carbonyl (C=O) groups excluding carboxylic acids is 1. The van der Waals surface area contributed by atoms with Gasteiger partial charge in [-0.2, -0.15) is 0 Å². The monoisotopic (exact) mass is 448 g/mol. The van der Waals surface area contributed by atoms with E-state index in [-0.39, 0.29) is 12.0 Å². The Hall–Kier alpha value is -3.19. The summed E-state index contributed by atoms with van der Waals surface area (Å²) in [7, 11) is 0. The van der Waals surface area contributed by atoms with Crippen LogP contribution in [0.2, 0.25) is 0 Å². The van der Waals surface area contributed by atoms with E-state index in [1.54, 1.807) is 28.8 Å². The van der Waals surface area contributed by atoms with Crippen LogP contribution < -0.4 is 9.64 Å². The number of amides is 1. The summed E-state index contributed by atoms with van der Waals surface area (Å²) in [6.45, 7) is 9.49. The molecule has 2 heterocycles. The highest BCUT2D eigenvalue weighted by atomic mass is 32.1. The van der Waals surface area contributed by atoms with Gasteiger partial charge in [-0.15, -0.1) is 0 Å². The molecule has 32 heavy (non-hydrogen) atoms. The van der Waals surface area contributed by atoms with E-state index >= 15 is 0 Å². The Morgan fingerprint density at radius 1 is 1.19 bits per heavy atom. The van der Waals surface area contributed by atoms with Crippen LogP contribution in [-0.2, 0) is 6.54 Å². The first-order chi connectivity index (χ1) is 15.4. The Labute approximate surface area is 192 Å². The van der Waals surface area contributed by atoms with Crippen molar-refractivity contribution in [2.75, 3.05) is 11.4 Å². The van der Waals surface area contributed by atoms with E-state index in [2.05, 4.69) is 31.0 Å². The number of thiazole rings is 1. The molecular formula is C25H28N4O2S. The van der Waals surface area contributed by atoms with Gasteiger partial charge in [-0.05, 0) is 75.6 Å². The minimum Gasteiger partial charge on any atom is -0.491 e. The lowest BCUT2D eigenvalue weighted by Gasteiger charge is -2.20. The van der Waals surface area contributed by atoms with E-state index in [1.165, 1.54) is 11.1 Å². The second-order valence-electron chi connectivity index (χ2n) is 8.23. The van der Waals surface area contributed by atoms with Crippen molar-refractivity contribution in [1.29, 1.82) is 0 Å². The van der Waals surface area contributed by atoms with Crippen molar-refractivity contribution in [3.05, 3.63) is 71.8 Å². The number of aryl methyl sites for hydroxylation is 3. The molecule has 2 aromatic carbocycles. The lowest BCUT2D eigenvalue weighted by atomic mass is 10.1. The molecule has 4 aromatic rings. The molecule has 2 aromatic heterocycles. The highest BCUT2D eigenvalue weighted by molar-refractivity contribution is 7.22. The van der Waals surface area contributed by atoms with E-state index in [0.29, 0.717) is 12.1 Å². The number of imidazole rings is 1. The normalized spacial score (nSPS) is 11.3. The zero-order chi connectivity index (χ0) is 22.7. The number of rotatable bonds is 8. The van der Waals surface area contributed by atoms with E-state index in [1.807, 2.05) is 48.9 Å². The topological polar surface area (TPSA) is 60.2 Å². The maximum atomic E-state index is 13.5. The summed E-state index contributed by atoms with van der Waals surface area (Å²) in [5.74, 6) is 0.703. The van der Waals surface area contributed by atoms with Crippen LogP contribution in [0.1, 0.15) is 41.8 Å². The number of carbonyl (C=O) groups is 1. The molecule has 6 nitrogen and oxygen atoms in total. The summed E-state index contributed by atoms with van der Waals surface area (Å²) >= 11 is 1.57. The van der Waals surface area contributed by atoms with Gasteiger partial charge in [-0.1, -0.05) is 17.4 Å². The fourth-order valence-electron chi connectivity index (χ4n) is 3.70. The minimum atomic E-state index is -0.0554. The predicted octanol–water partition coefficient (Wildman–Crippen LogP) is 5.63. The molecule has 0 aliphatic rings. The summed E-state index contributed by atoms with van der Waals surface area (Å²) in [5.41, 5.74) is 3.92. The summed E-state index contributed by atoms with van der Waals surface area (Å²) in [6.07, 6.45) is 6.38. The fourth-order valence-corrected chi connectivity index (χ4v) is 4.74. The van der Waals surface area contributed by atoms with Crippen molar-refractivity contribution < 1.29 is 9.53 Å². The number of hydrogen-bond donors (Lipinski definition) is 0. The molecule has 0 bridgehead atoms. The third-order valence-electron chi connectivity index (χ3n) is 5.12.